The Bertz CT molecular complexity index is 105. The molecular weight excluding hydrogens is 225 g/mol. The molecule has 0 aromatic heterocycles. The van der Waals surface area contributed by atoms with Crippen LogP contribution in [0.3, 0.4) is 0 Å². The summed E-state index contributed by atoms with van der Waals surface area (Å²) in [5.41, 5.74) is 17.1. The van der Waals surface area contributed by atoms with Gasteiger partial charge < -0.3 is 0 Å². The molecule has 0 aliphatic carbocycles. The molecule has 1 unspecified atom stereocenters. The second-order valence-electron chi connectivity index (χ2n) is 3.43. The van der Waals surface area contributed by atoms with Crippen LogP contribution in [0.5, 0.6) is 0 Å². The Morgan fingerprint density at radius 3 is 2.08 bits per heavy atom. The second-order valence-corrected chi connectivity index (χ2v) is 8.88. The van der Waals surface area contributed by atoms with Crippen LogP contribution in [-0.4, -0.2) is 33.8 Å². The van der Waals surface area contributed by atoms with Gasteiger partial charge in [-0.1, -0.05) is 0 Å². The Morgan fingerprint density at radius 1 is 1.15 bits per heavy atom. The van der Waals surface area contributed by atoms with Crippen molar-refractivity contribution in [3.63, 3.8) is 0 Å². The summed E-state index contributed by atoms with van der Waals surface area (Å²) in [6.07, 6.45) is 2.34. The van der Waals surface area contributed by atoms with E-state index in [9.17, 15) is 0 Å². The fourth-order valence-electron chi connectivity index (χ4n) is 1.45. The van der Waals surface area contributed by atoms with Gasteiger partial charge in [0.25, 0.3) is 0 Å². The number of rotatable bonds is 8. The van der Waals surface area contributed by atoms with Gasteiger partial charge in [-0.15, -0.1) is 0 Å². The Balaban J connectivity index is 3.64. The quantitative estimate of drug-likeness (QED) is 0.549. The molecule has 1 atom stereocenters. The Kier molecular flexibility index (Phi) is 9.32. The summed E-state index contributed by atoms with van der Waals surface area (Å²) in [4.78, 5) is 0. The number of hydrogen-bond acceptors (Lipinski definition) is 3. The second kappa shape index (κ2) is 9.01. The summed E-state index contributed by atoms with van der Waals surface area (Å²) >= 11 is -0.765. The number of hydrogen-bond donors (Lipinski definition) is 3. The fraction of sp³-hybridized carbons (Fsp3) is 1.00. The van der Waals surface area contributed by atoms with E-state index in [1.54, 1.807) is 0 Å². The fourth-order valence-corrected chi connectivity index (χ4v) is 6.00. The molecule has 0 saturated carbocycles. The summed E-state index contributed by atoms with van der Waals surface area (Å²) in [6, 6.07) is 0.406. The van der Waals surface area contributed by atoms with E-state index < -0.39 is 14.7 Å². The van der Waals surface area contributed by atoms with Gasteiger partial charge in [0, 0.05) is 0 Å². The molecule has 0 aliphatic heterocycles. The topological polar surface area (TPSA) is 78.1 Å². The predicted octanol–water partition coefficient (Wildman–Crippen LogP) is 0.526. The number of nitrogens with two attached hydrogens (primary N) is 3. The molecule has 0 aliphatic rings. The summed E-state index contributed by atoms with van der Waals surface area (Å²) in [6.45, 7) is 3.82. The van der Waals surface area contributed by atoms with Crippen LogP contribution in [0, 0.1) is 0 Å². The van der Waals surface area contributed by atoms with Gasteiger partial charge in [-0.25, -0.2) is 0 Å². The molecule has 0 aromatic carbocycles. The predicted molar refractivity (Wildman–Crippen MR) is 61.2 cm³/mol. The van der Waals surface area contributed by atoms with Crippen molar-refractivity contribution >= 4 is 14.7 Å². The van der Waals surface area contributed by atoms with Crippen molar-refractivity contribution in [2.75, 3.05) is 13.1 Å². The third-order valence-corrected chi connectivity index (χ3v) is 7.85. The van der Waals surface area contributed by atoms with Crippen LogP contribution in [0.1, 0.15) is 19.8 Å². The van der Waals surface area contributed by atoms with Crippen LogP contribution >= 0.6 is 0 Å². The summed E-state index contributed by atoms with van der Waals surface area (Å²) in [7, 11) is 0. The zero-order valence-electron chi connectivity index (χ0n) is 8.71. The molecule has 0 saturated heterocycles. The van der Waals surface area contributed by atoms with E-state index in [0.717, 1.165) is 19.5 Å². The molecular formula is C9H24AsN3. The van der Waals surface area contributed by atoms with E-state index in [0.29, 0.717) is 6.04 Å². The molecule has 80 valence electrons. The van der Waals surface area contributed by atoms with E-state index in [4.69, 9.17) is 17.2 Å². The van der Waals surface area contributed by atoms with Crippen molar-refractivity contribution in [1.29, 1.82) is 0 Å². The monoisotopic (exact) mass is 249 g/mol. The Labute approximate surface area is 86.7 Å². The normalized spacial score (nSPS) is 13.6. The van der Waals surface area contributed by atoms with Crippen molar-refractivity contribution < 1.29 is 0 Å². The average molecular weight is 249 g/mol. The van der Waals surface area contributed by atoms with Gasteiger partial charge in [0.1, 0.15) is 0 Å². The van der Waals surface area contributed by atoms with Crippen molar-refractivity contribution in [3.8, 4) is 0 Å². The van der Waals surface area contributed by atoms with Crippen molar-refractivity contribution in [2.45, 2.75) is 41.4 Å². The van der Waals surface area contributed by atoms with E-state index in [-0.39, 0.29) is 0 Å². The molecule has 0 amide bonds. The maximum absolute atomic E-state index is 6.00. The molecule has 6 N–H and O–H groups in total. The molecule has 4 heteroatoms. The summed E-state index contributed by atoms with van der Waals surface area (Å²) in [5, 5.41) is 3.65. The van der Waals surface area contributed by atoms with Gasteiger partial charge >= 0.3 is 86.4 Å². The van der Waals surface area contributed by atoms with E-state index >= 15 is 0 Å². The van der Waals surface area contributed by atoms with Crippen LogP contribution in [0.4, 0.5) is 0 Å². The third-order valence-electron chi connectivity index (χ3n) is 2.04. The standard InChI is InChI=1S/C9H24AsN3/c1-2-3-9(13)8-10(4-6-11)5-7-12/h9H,2-8,11-13H2,1H3. The van der Waals surface area contributed by atoms with Gasteiger partial charge in [0.2, 0.25) is 0 Å². The first-order chi connectivity index (χ1) is 6.24. The van der Waals surface area contributed by atoms with Crippen molar-refractivity contribution in [2.24, 2.45) is 17.2 Å². The van der Waals surface area contributed by atoms with Gasteiger partial charge in [0.05, 0.1) is 0 Å². The summed E-state index contributed by atoms with van der Waals surface area (Å²) in [5.74, 6) is 0. The van der Waals surface area contributed by atoms with Gasteiger partial charge in [0.15, 0.2) is 0 Å². The van der Waals surface area contributed by atoms with Crippen LogP contribution < -0.4 is 17.2 Å². The Hall–Kier alpha value is 0.438. The molecule has 0 aromatic rings. The van der Waals surface area contributed by atoms with Gasteiger partial charge in [-0.05, 0) is 0 Å². The SMILES string of the molecule is CCCC(N)C[As](CCN)CCN. The molecule has 0 bridgehead atoms. The first-order valence-electron chi connectivity index (χ1n) is 5.12. The van der Waals surface area contributed by atoms with Crippen LogP contribution in [0.15, 0.2) is 0 Å². The first kappa shape index (κ1) is 13.4. The molecule has 0 fully saturated rings. The van der Waals surface area contributed by atoms with Gasteiger partial charge in [-0.2, -0.15) is 0 Å². The zero-order valence-corrected chi connectivity index (χ0v) is 10.6. The van der Waals surface area contributed by atoms with E-state index in [1.165, 1.54) is 22.0 Å². The molecule has 0 spiro atoms. The maximum atomic E-state index is 6.00. The summed E-state index contributed by atoms with van der Waals surface area (Å²) < 4.78 is 0. The third kappa shape index (κ3) is 7.50. The molecule has 0 radical (unpaired) electrons. The van der Waals surface area contributed by atoms with Crippen LogP contribution in [0.25, 0.3) is 0 Å². The molecule has 3 nitrogen and oxygen atoms in total. The first-order valence-corrected chi connectivity index (χ1v) is 9.10. The van der Waals surface area contributed by atoms with Crippen molar-refractivity contribution in [1.82, 2.24) is 0 Å². The van der Waals surface area contributed by atoms with Crippen molar-refractivity contribution in [3.05, 3.63) is 0 Å². The molecule has 0 rings (SSSR count). The van der Waals surface area contributed by atoms with Crippen LogP contribution in [0.2, 0.25) is 15.6 Å². The van der Waals surface area contributed by atoms with E-state index in [2.05, 4.69) is 6.92 Å². The van der Waals surface area contributed by atoms with Crippen LogP contribution in [-0.2, 0) is 0 Å². The van der Waals surface area contributed by atoms with Gasteiger partial charge in [-0.3, -0.25) is 0 Å². The zero-order chi connectivity index (χ0) is 10.1. The average Bonchev–Trinajstić information content (AvgIpc) is 2.05. The minimum atomic E-state index is -0.765. The Morgan fingerprint density at radius 2 is 1.69 bits per heavy atom. The molecule has 13 heavy (non-hydrogen) atoms. The molecule has 0 heterocycles. The minimum absolute atomic E-state index is 0.406. The van der Waals surface area contributed by atoms with E-state index in [1.807, 2.05) is 0 Å².